The fourth-order valence-corrected chi connectivity index (χ4v) is 8.19. The van der Waals surface area contributed by atoms with Crippen LogP contribution in [-0.4, -0.2) is 21.9 Å². The third kappa shape index (κ3) is 3.50. The van der Waals surface area contributed by atoms with E-state index in [1.54, 1.807) is 0 Å². The largest absolute Gasteiger partial charge is 0.393 e. The van der Waals surface area contributed by atoms with Gasteiger partial charge >= 0.3 is 0 Å². The average molecular weight is 363 g/mol. The van der Waals surface area contributed by atoms with E-state index in [-0.39, 0.29) is 6.10 Å². The summed E-state index contributed by atoms with van der Waals surface area (Å²) in [6.45, 7) is 6.54. The molecule has 0 bridgehead atoms. The SMILES string of the molecule is CC(C)(O)CCC[C@H]1CC[C@H]2[C@@H]3CC[C@H]4C[C@@H](O)CC[C@@H]4[C@H]3CC[C@]12C. The zero-order valence-electron chi connectivity index (χ0n) is 17.4. The molecule has 2 heteroatoms. The molecule has 0 amide bonds. The highest BCUT2D eigenvalue weighted by Gasteiger charge is 2.56. The molecule has 0 aromatic carbocycles. The predicted molar refractivity (Wildman–Crippen MR) is 107 cm³/mol. The lowest BCUT2D eigenvalue weighted by Crippen LogP contribution is -2.49. The van der Waals surface area contributed by atoms with Gasteiger partial charge in [-0.25, -0.2) is 0 Å². The lowest BCUT2D eigenvalue weighted by molar-refractivity contribution is -0.0781. The first-order valence-corrected chi connectivity index (χ1v) is 11.7. The second kappa shape index (κ2) is 7.07. The van der Waals surface area contributed by atoms with Gasteiger partial charge < -0.3 is 10.2 Å². The first-order valence-electron chi connectivity index (χ1n) is 11.7. The van der Waals surface area contributed by atoms with Crippen molar-refractivity contribution in [3.05, 3.63) is 0 Å². The van der Waals surface area contributed by atoms with Gasteiger partial charge in [0.2, 0.25) is 0 Å². The Labute approximate surface area is 161 Å². The van der Waals surface area contributed by atoms with Gasteiger partial charge in [0.15, 0.2) is 0 Å². The Kier molecular flexibility index (Phi) is 5.23. The van der Waals surface area contributed by atoms with Crippen molar-refractivity contribution in [1.82, 2.24) is 0 Å². The lowest BCUT2D eigenvalue weighted by atomic mass is 9.49. The van der Waals surface area contributed by atoms with Crippen LogP contribution in [0, 0.1) is 40.9 Å². The molecule has 4 rings (SSSR count). The zero-order valence-corrected chi connectivity index (χ0v) is 17.4. The monoisotopic (exact) mass is 362 g/mol. The maximum Gasteiger partial charge on any atom is 0.0591 e. The summed E-state index contributed by atoms with van der Waals surface area (Å²) < 4.78 is 0. The van der Waals surface area contributed by atoms with E-state index < -0.39 is 5.60 Å². The second-order valence-electron chi connectivity index (χ2n) is 11.4. The van der Waals surface area contributed by atoms with E-state index in [9.17, 15) is 10.2 Å². The van der Waals surface area contributed by atoms with E-state index in [1.807, 2.05) is 13.8 Å². The maximum atomic E-state index is 10.1. The number of hydrogen-bond donors (Lipinski definition) is 2. The Morgan fingerprint density at radius 2 is 1.69 bits per heavy atom. The van der Waals surface area contributed by atoms with Crippen LogP contribution in [0.25, 0.3) is 0 Å². The minimum absolute atomic E-state index is 0.00621. The quantitative estimate of drug-likeness (QED) is 0.687. The van der Waals surface area contributed by atoms with Crippen LogP contribution in [0.4, 0.5) is 0 Å². The number of fused-ring (bicyclic) bond motifs is 5. The summed E-state index contributed by atoms with van der Waals surface area (Å²) in [5.74, 6) is 5.55. The molecule has 0 aromatic heterocycles. The highest BCUT2D eigenvalue weighted by molar-refractivity contribution is 5.06. The highest BCUT2D eigenvalue weighted by Crippen LogP contribution is 2.64. The minimum Gasteiger partial charge on any atom is -0.393 e. The third-order valence-electron chi connectivity index (χ3n) is 9.46. The van der Waals surface area contributed by atoms with Gasteiger partial charge in [-0.2, -0.15) is 0 Å². The Balaban J connectivity index is 1.41. The summed E-state index contributed by atoms with van der Waals surface area (Å²) in [7, 11) is 0. The molecule has 4 aliphatic carbocycles. The molecule has 0 saturated heterocycles. The van der Waals surface area contributed by atoms with Crippen molar-refractivity contribution in [1.29, 1.82) is 0 Å². The molecule has 26 heavy (non-hydrogen) atoms. The summed E-state index contributed by atoms with van der Waals surface area (Å²) in [5.41, 5.74) is 0.0717. The predicted octanol–water partition coefficient (Wildman–Crippen LogP) is 5.56. The molecule has 2 N–H and O–H groups in total. The molecule has 0 unspecified atom stereocenters. The summed E-state index contributed by atoms with van der Waals surface area (Å²) in [4.78, 5) is 0. The van der Waals surface area contributed by atoms with Crippen LogP contribution in [0.3, 0.4) is 0 Å². The van der Waals surface area contributed by atoms with Gasteiger partial charge in [0.05, 0.1) is 11.7 Å². The fourth-order valence-electron chi connectivity index (χ4n) is 8.19. The first-order chi connectivity index (χ1) is 12.3. The van der Waals surface area contributed by atoms with Crippen LogP contribution < -0.4 is 0 Å². The molecule has 0 aromatic rings. The van der Waals surface area contributed by atoms with E-state index >= 15 is 0 Å². The van der Waals surface area contributed by atoms with Gasteiger partial charge in [0.1, 0.15) is 0 Å². The van der Waals surface area contributed by atoms with Gasteiger partial charge in [-0.15, -0.1) is 0 Å². The van der Waals surface area contributed by atoms with Crippen molar-refractivity contribution in [2.75, 3.05) is 0 Å². The van der Waals surface area contributed by atoms with Gasteiger partial charge in [0.25, 0.3) is 0 Å². The number of hydrogen-bond acceptors (Lipinski definition) is 2. The Morgan fingerprint density at radius 1 is 0.923 bits per heavy atom. The van der Waals surface area contributed by atoms with Crippen LogP contribution in [0.15, 0.2) is 0 Å². The minimum atomic E-state index is -0.500. The fraction of sp³-hybridized carbons (Fsp3) is 1.00. The van der Waals surface area contributed by atoms with Crippen LogP contribution in [0.5, 0.6) is 0 Å². The van der Waals surface area contributed by atoms with Crippen molar-refractivity contribution < 1.29 is 10.2 Å². The van der Waals surface area contributed by atoms with Crippen LogP contribution >= 0.6 is 0 Å². The van der Waals surface area contributed by atoms with Crippen molar-refractivity contribution in [3.8, 4) is 0 Å². The number of aliphatic hydroxyl groups excluding tert-OH is 1. The molecule has 0 radical (unpaired) electrons. The molecule has 4 fully saturated rings. The Bertz CT molecular complexity index is 495. The average Bonchev–Trinajstić information content (AvgIpc) is 2.90. The normalized spacial score (nSPS) is 48.6. The van der Waals surface area contributed by atoms with Crippen LogP contribution in [0.1, 0.15) is 97.8 Å². The van der Waals surface area contributed by atoms with E-state index in [4.69, 9.17) is 0 Å². The van der Waals surface area contributed by atoms with E-state index in [1.165, 1.54) is 57.8 Å². The maximum absolute atomic E-state index is 10.1. The van der Waals surface area contributed by atoms with Crippen molar-refractivity contribution >= 4 is 0 Å². The molecule has 150 valence electrons. The van der Waals surface area contributed by atoms with Crippen molar-refractivity contribution in [3.63, 3.8) is 0 Å². The molecule has 8 atom stereocenters. The standard InChI is InChI=1S/C24H42O2/c1-23(2,26)13-4-5-17-7-11-22-21-9-6-16-15-18(25)8-10-19(16)20(21)12-14-24(17,22)3/h16-22,25-26H,4-15H2,1-3H3/t16-,17-,18-,19-,20+,21+,22-,24+/m0/s1. The van der Waals surface area contributed by atoms with E-state index in [0.717, 1.165) is 54.8 Å². The molecule has 0 spiro atoms. The molecule has 0 aliphatic heterocycles. The van der Waals surface area contributed by atoms with Crippen molar-refractivity contribution in [2.45, 2.75) is 110 Å². The number of aliphatic hydroxyl groups is 2. The second-order valence-corrected chi connectivity index (χ2v) is 11.4. The zero-order chi connectivity index (χ0) is 18.5. The molecule has 4 aliphatic rings. The first kappa shape index (κ1) is 19.2. The molecular formula is C24H42O2. The summed E-state index contributed by atoms with van der Waals surface area (Å²) in [6, 6.07) is 0. The van der Waals surface area contributed by atoms with Crippen LogP contribution in [0.2, 0.25) is 0 Å². The highest BCUT2D eigenvalue weighted by atomic mass is 16.3. The summed E-state index contributed by atoms with van der Waals surface area (Å²) >= 11 is 0. The third-order valence-corrected chi connectivity index (χ3v) is 9.46. The Hall–Kier alpha value is -0.0800. The van der Waals surface area contributed by atoms with Crippen LogP contribution in [-0.2, 0) is 0 Å². The molecule has 0 heterocycles. The van der Waals surface area contributed by atoms with Gasteiger partial charge in [0, 0.05) is 0 Å². The van der Waals surface area contributed by atoms with Gasteiger partial charge in [-0.1, -0.05) is 13.3 Å². The summed E-state index contributed by atoms with van der Waals surface area (Å²) in [5, 5.41) is 20.1. The summed E-state index contributed by atoms with van der Waals surface area (Å²) in [6.07, 6.45) is 15.5. The molecular weight excluding hydrogens is 320 g/mol. The van der Waals surface area contributed by atoms with Gasteiger partial charge in [-0.05, 0) is 125 Å². The Morgan fingerprint density at radius 3 is 2.46 bits per heavy atom. The smallest absolute Gasteiger partial charge is 0.0591 e. The molecule has 4 saturated carbocycles. The number of rotatable bonds is 4. The van der Waals surface area contributed by atoms with Crippen molar-refractivity contribution in [2.24, 2.45) is 40.9 Å². The topological polar surface area (TPSA) is 40.5 Å². The molecule has 2 nitrogen and oxygen atoms in total. The lowest BCUT2D eigenvalue weighted by Gasteiger charge is -2.56. The van der Waals surface area contributed by atoms with E-state index in [2.05, 4.69) is 6.92 Å². The van der Waals surface area contributed by atoms with Gasteiger partial charge in [-0.3, -0.25) is 0 Å². The van der Waals surface area contributed by atoms with E-state index in [0.29, 0.717) is 5.41 Å².